The number of Topliss-reactive ketones (excluding diaryl/α,β-unsaturated/α-hetero) is 3. The van der Waals surface area contributed by atoms with Gasteiger partial charge in [-0.05, 0) is 56.9 Å². The highest BCUT2D eigenvalue weighted by Gasteiger charge is 2.25. The zero-order valence-electron chi connectivity index (χ0n) is 23.3. The number of carboxylic acids is 3. The molecule has 222 valence electrons. The number of carbonyl (C=O) groups excluding carboxylic acids is 3. The Labute approximate surface area is 235 Å². The van der Waals surface area contributed by atoms with Crippen molar-refractivity contribution in [3.8, 4) is 5.75 Å². The maximum atomic E-state index is 12.3. The highest BCUT2D eigenvalue weighted by Crippen LogP contribution is 2.20. The predicted octanol–water partition coefficient (Wildman–Crippen LogP) is 5.35. The van der Waals surface area contributed by atoms with E-state index in [2.05, 4.69) is 0 Å². The second-order valence-corrected chi connectivity index (χ2v) is 10.2. The fraction of sp³-hybridized carbons (Fsp3) is 0.600. The van der Waals surface area contributed by atoms with Crippen LogP contribution in [-0.2, 0) is 24.0 Å². The van der Waals surface area contributed by atoms with Gasteiger partial charge in [0.1, 0.15) is 23.1 Å². The van der Waals surface area contributed by atoms with Crippen molar-refractivity contribution < 1.29 is 48.8 Å². The molecule has 0 radical (unpaired) electrons. The summed E-state index contributed by atoms with van der Waals surface area (Å²) in [6.07, 6.45) is 6.34. The molecule has 0 heterocycles. The summed E-state index contributed by atoms with van der Waals surface area (Å²) in [5, 5.41) is 27.6. The fourth-order valence-corrected chi connectivity index (χ4v) is 4.28. The lowest BCUT2D eigenvalue weighted by atomic mass is 9.90. The standard InChI is InChI=1S/C30H42O10/c1-21(31)10-11-23(29(36)37)20-26(33)15-12-24(30(38)39)19-25(32)9-7-5-3-2-4-6-8-18-40-27-16-13-22(14-17-27)28(34)35/h13-14,16-17,23-24H,2-12,15,18-20H2,1H3,(H,34,35)(H,36,37)(H,38,39)/t23-,24-/m1/s1. The Hall–Kier alpha value is -3.56. The monoisotopic (exact) mass is 562 g/mol. The van der Waals surface area contributed by atoms with Gasteiger partial charge in [0, 0.05) is 32.1 Å². The van der Waals surface area contributed by atoms with Crippen LogP contribution in [0.25, 0.3) is 0 Å². The summed E-state index contributed by atoms with van der Waals surface area (Å²) in [5.41, 5.74) is 0.217. The molecule has 0 aromatic heterocycles. The molecule has 2 atom stereocenters. The molecule has 1 rings (SSSR count). The Morgan fingerprint density at radius 2 is 1.12 bits per heavy atom. The summed E-state index contributed by atoms with van der Waals surface area (Å²) < 4.78 is 5.61. The normalized spacial score (nSPS) is 12.3. The highest BCUT2D eigenvalue weighted by atomic mass is 16.5. The van der Waals surface area contributed by atoms with Crippen molar-refractivity contribution in [2.24, 2.45) is 11.8 Å². The van der Waals surface area contributed by atoms with E-state index in [1.165, 1.54) is 19.1 Å². The number of hydrogen-bond acceptors (Lipinski definition) is 7. The zero-order valence-corrected chi connectivity index (χ0v) is 23.3. The number of carboxylic acid groups (broad SMARTS) is 3. The summed E-state index contributed by atoms with van der Waals surface area (Å²) in [5.74, 6) is -5.28. The maximum Gasteiger partial charge on any atom is 0.335 e. The van der Waals surface area contributed by atoms with Gasteiger partial charge in [-0.3, -0.25) is 19.2 Å². The van der Waals surface area contributed by atoms with Crippen LogP contribution in [0.4, 0.5) is 0 Å². The van der Waals surface area contributed by atoms with E-state index in [9.17, 15) is 39.0 Å². The molecule has 0 saturated carbocycles. The topological polar surface area (TPSA) is 172 Å². The van der Waals surface area contributed by atoms with Crippen molar-refractivity contribution in [1.82, 2.24) is 0 Å². The van der Waals surface area contributed by atoms with E-state index in [0.29, 0.717) is 25.2 Å². The third kappa shape index (κ3) is 15.8. The molecule has 3 N–H and O–H groups in total. The lowest BCUT2D eigenvalue weighted by Gasteiger charge is -2.13. The molecule has 10 heteroatoms. The third-order valence-electron chi connectivity index (χ3n) is 6.73. The van der Waals surface area contributed by atoms with E-state index in [-0.39, 0.29) is 61.4 Å². The maximum absolute atomic E-state index is 12.3. The molecular weight excluding hydrogens is 520 g/mol. The molecule has 10 nitrogen and oxygen atoms in total. The van der Waals surface area contributed by atoms with Crippen molar-refractivity contribution >= 4 is 35.3 Å². The number of ketones is 3. The number of unbranched alkanes of at least 4 members (excludes halogenated alkanes) is 6. The molecule has 1 aromatic rings. The van der Waals surface area contributed by atoms with Gasteiger partial charge in [0.25, 0.3) is 0 Å². The number of aromatic carboxylic acids is 1. The van der Waals surface area contributed by atoms with Crippen LogP contribution in [0.5, 0.6) is 5.75 Å². The summed E-state index contributed by atoms with van der Waals surface area (Å²) >= 11 is 0. The molecular formula is C30H42O10. The molecule has 1 aromatic carbocycles. The van der Waals surface area contributed by atoms with Gasteiger partial charge in [-0.2, -0.15) is 0 Å². The van der Waals surface area contributed by atoms with E-state index in [4.69, 9.17) is 9.84 Å². The minimum atomic E-state index is -1.16. The van der Waals surface area contributed by atoms with Gasteiger partial charge in [0.15, 0.2) is 0 Å². The molecule has 0 aliphatic carbocycles. The first-order chi connectivity index (χ1) is 19.0. The van der Waals surface area contributed by atoms with Crippen LogP contribution in [0, 0.1) is 11.8 Å². The lowest BCUT2D eigenvalue weighted by molar-refractivity contribution is -0.145. The van der Waals surface area contributed by atoms with E-state index < -0.39 is 29.7 Å². The molecule has 0 amide bonds. The van der Waals surface area contributed by atoms with E-state index >= 15 is 0 Å². The minimum absolute atomic E-state index is 0.0175. The Kier molecular flexibility index (Phi) is 16.8. The second-order valence-electron chi connectivity index (χ2n) is 10.2. The van der Waals surface area contributed by atoms with Gasteiger partial charge in [-0.25, -0.2) is 4.79 Å². The quantitative estimate of drug-likeness (QED) is 0.139. The Balaban J connectivity index is 2.16. The molecule has 0 spiro atoms. The minimum Gasteiger partial charge on any atom is -0.494 e. The zero-order chi connectivity index (χ0) is 29.9. The van der Waals surface area contributed by atoms with Gasteiger partial charge < -0.3 is 24.9 Å². The number of aliphatic carboxylic acids is 2. The molecule has 0 bridgehead atoms. The number of carbonyl (C=O) groups is 6. The van der Waals surface area contributed by atoms with E-state index in [0.717, 1.165) is 38.5 Å². The molecule has 0 aliphatic rings. The number of rotatable bonds is 24. The molecule has 0 unspecified atom stereocenters. The van der Waals surface area contributed by atoms with Crippen molar-refractivity contribution in [3.63, 3.8) is 0 Å². The highest BCUT2D eigenvalue weighted by molar-refractivity contribution is 5.88. The summed E-state index contributed by atoms with van der Waals surface area (Å²) in [6, 6.07) is 6.29. The summed E-state index contributed by atoms with van der Waals surface area (Å²) in [4.78, 5) is 69.3. The van der Waals surface area contributed by atoms with E-state index in [1.54, 1.807) is 12.1 Å². The molecule has 0 aliphatic heterocycles. The Bertz CT molecular complexity index is 983. The van der Waals surface area contributed by atoms with Crippen LogP contribution in [0.1, 0.15) is 107 Å². The Morgan fingerprint density at radius 1 is 0.650 bits per heavy atom. The smallest absolute Gasteiger partial charge is 0.335 e. The first kappa shape index (κ1) is 34.5. The number of hydrogen-bond donors (Lipinski definition) is 3. The summed E-state index contributed by atoms with van der Waals surface area (Å²) in [7, 11) is 0. The number of ether oxygens (including phenoxy) is 1. The van der Waals surface area contributed by atoms with Gasteiger partial charge >= 0.3 is 17.9 Å². The Morgan fingerprint density at radius 3 is 1.62 bits per heavy atom. The molecule has 0 fully saturated rings. The van der Waals surface area contributed by atoms with Crippen molar-refractivity contribution in [1.29, 1.82) is 0 Å². The first-order valence-electron chi connectivity index (χ1n) is 13.9. The average molecular weight is 563 g/mol. The average Bonchev–Trinajstić information content (AvgIpc) is 2.89. The second kappa shape index (κ2) is 19.5. The number of benzene rings is 1. The van der Waals surface area contributed by atoms with Crippen LogP contribution in [0.3, 0.4) is 0 Å². The van der Waals surface area contributed by atoms with Gasteiger partial charge in [-0.15, -0.1) is 0 Å². The van der Waals surface area contributed by atoms with Crippen molar-refractivity contribution in [2.45, 2.75) is 96.8 Å². The van der Waals surface area contributed by atoms with Crippen LogP contribution < -0.4 is 4.74 Å². The van der Waals surface area contributed by atoms with E-state index in [1.807, 2.05) is 0 Å². The van der Waals surface area contributed by atoms with Gasteiger partial charge in [0.05, 0.1) is 24.0 Å². The lowest BCUT2D eigenvalue weighted by Crippen LogP contribution is -2.22. The molecule has 0 saturated heterocycles. The predicted molar refractivity (Wildman–Crippen MR) is 146 cm³/mol. The van der Waals surface area contributed by atoms with Crippen molar-refractivity contribution in [3.05, 3.63) is 29.8 Å². The van der Waals surface area contributed by atoms with Crippen LogP contribution in [0.2, 0.25) is 0 Å². The first-order valence-corrected chi connectivity index (χ1v) is 13.9. The van der Waals surface area contributed by atoms with Crippen molar-refractivity contribution in [2.75, 3.05) is 6.61 Å². The molecule has 40 heavy (non-hydrogen) atoms. The summed E-state index contributed by atoms with van der Waals surface area (Å²) in [6.45, 7) is 1.90. The fourth-order valence-electron chi connectivity index (χ4n) is 4.28. The van der Waals surface area contributed by atoms with Gasteiger partial charge in [0.2, 0.25) is 0 Å². The largest absolute Gasteiger partial charge is 0.494 e. The third-order valence-corrected chi connectivity index (χ3v) is 6.73. The van der Waals surface area contributed by atoms with Gasteiger partial charge in [-0.1, -0.05) is 32.1 Å². The van der Waals surface area contributed by atoms with Crippen LogP contribution in [-0.4, -0.2) is 57.2 Å². The SMILES string of the molecule is CC(=O)CC[C@H](CC(=O)CC[C@H](CC(=O)CCCCCCCCCOc1ccc(C(=O)O)cc1)C(=O)O)C(=O)O. The van der Waals surface area contributed by atoms with Crippen LogP contribution >= 0.6 is 0 Å². The van der Waals surface area contributed by atoms with Crippen LogP contribution in [0.15, 0.2) is 24.3 Å².